The highest BCUT2D eigenvalue weighted by molar-refractivity contribution is 14.1. The minimum Gasteiger partial charge on any atom is -0.306 e. The fraction of sp³-hybridized carbons (Fsp3) is 0.333. The van der Waals surface area contributed by atoms with E-state index in [2.05, 4.69) is 59.3 Å². The summed E-state index contributed by atoms with van der Waals surface area (Å²) in [7, 11) is 0. The lowest BCUT2D eigenvalue weighted by Crippen LogP contribution is -2.20. The number of hydrogen-bond donors (Lipinski definition) is 1. The summed E-state index contributed by atoms with van der Waals surface area (Å²) in [5, 5.41) is 5.74. The molecule has 0 bridgehead atoms. The van der Waals surface area contributed by atoms with Gasteiger partial charge >= 0.3 is 0 Å². The second-order valence-electron chi connectivity index (χ2n) is 3.78. The first-order valence-corrected chi connectivity index (χ1v) is 8.50. The van der Waals surface area contributed by atoms with Gasteiger partial charge in [0.15, 0.2) is 0 Å². The number of thiophene rings is 2. The van der Waals surface area contributed by atoms with Gasteiger partial charge in [0.05, 0.1) is 13.3 Å². The van der Waals surface area contributed by atoms with E-state index in [0.29, 0.717) is 0 Å². The molecular weight excluding hydrogens is 385 g/mol. The van der Waals surface area contributed by atoms with Crippen LogP contribution in [-0.4, -0.2) is 6.54 Å². The molecule has 0 aromatic carbocycles. The molecule has 0 spiro atoms. The summed E-state index contributed by atoms with van der Waals surface area (Å²) in [6, 6.07) is 4.70. The SMILES string of the molecule is CCNC(c1csc(I)c1)c1cc(C)c(Cl)s1. The molecule has 0 saturated heterocycles. The first-order chi connectivity index (χ1) is 8.11. The van der Waals surface area contributed by atoms with Crippen LogP contribution in [0.4, 0.5) is 0 Å². The van der Waals surface area contributed by atoms with Gasteiger partial charge in [-0.2, -0.15) is 0 Å². The second-order valence-corrected chi connectivity index (χ2v) is 8.27. The van der Waals surface area contributed by atoms with Gasteiger partial charge in [0.1, 0.15) is 0 Å². The lowest BCUT2D eigenvalue weighted by atomic mass is 10.1. The number of halogens is 2. The van der Waals surface area contributed by atoms with Crippen LogP contribution in [0.5, 0.6) is 0 Å². The summed E-state index contributed by atoms with van der Waals surface area (Å²) < 4.78 is 2.22. The van der Waals surface area contributed by atoms with Crippen LogP contribution in [0.3, 0.4) is 0 Å². The second kappa shape index (κ2) is 6.02. The van der Waals surface area contributed by atoms with Crippen molar-refractivity contribution in [2.45, 2.75) is 19.9 Å². The molecular formula is C12H13ClINS2. The Kier molecular flexibility index (Phi) is 4.88. The summed E-state index contributed by atoms with van der Waals surface area (Å²) in [6.45, 7) is 5.14. The predicted molar refractivity (Wildman–Crippen MR) is 86.6 cm³/mol. The first kappa shape index (κ1) is 13.8. The molecule has 92 valence electrons. The Morgan fingerprint density at radius 2 is 2.24 bits per heavy atom. The lowest BCUT2D eigenvalue weighted by molar-refractivity contribution is 0.641. The highest BCUT2D eigenvalue weighted by atomic mass is 127. The van der Waals surface area contributed by atoms with Crippen LogP contribution in [-0.2, 0) is 0 Å². The normalized spacial score (nSPS) is 12.9. The molecule has 5 heteroatoms. The zero-order valence-electron chi connectivity index (χ0n) is 9.59. The summed E-state index contributed by atoms with van der Waals surface area (Å²) >= 11 is 12.0. The predicted octanol–water partition coefficient (Wildman–Crippen LogP) is 5.07. The molecule has 1 nitrogen and oxygen atoms in total. The monoisotopic (exact) mass is 397 g/mol. The molecule has 0 fully saturated rings. The van der Waals surface area contributed by atoms with E-state index in [0.717, 1.165) is 10.9 Å². The highest BCUT2D eigenvalue weighted by Crippen LogP contribution is 2.35. The topological polar surface area (TPSA) is 12.0 Å². The zero-order chi connectivity index (χ0) is 12.4. The van der Waals surface area contributed by atoms with Crippen molar-refractivity contribution in [2.75, 3.05) is 6.54 Å². The van der Waals surface area contributed by atoms with Crippen LogP contribution in [0.25, 0.3) is 0 Å². The van der Waals surface area contributed by atoms with Crippen LogP contribution in [0.1, 0.15) is 29.0 Å². The molecule has 0 aliphatic heterocycles. The first-order valence-electron chi connectivity index (χ1n) is 5.35. The Morgan fingerprint density at radius 3 is 2.71 bits per heavy atom. The van der Waals surface area contributed by atoms with E-state index in [1.807, 2.05) is 0 Å². The Balaban J connectivity index is 2.34. The minimum absolute atomic E-state index is 0.274. The van der Waals surface area contributed by atoms with Crippen LogP contribution < -0.4 is 5.32 Å². The van der Waals surface area contributed by atoms with Gasteiger partial charge < -0.3 is 5.32 Å². The van der Waals surface area contributed by atoms with E-state index in [1.54, 1.807) is 22.7 Å². The summed E-state index contributed by atoms with van der Waals surface area (Å²) in [4.78, 5) is 1.29. The highest BCUT2D eigenvalue weighted by Gasteiger charge is 2.17. The zero-order valence-corrected chi connectivity index (χ0v) is 14.1. The molecule has 1 N–H and O–H groups in total. The fourth-order valence-electron chi connectivity index (χ4n) is 1.69. The van der Waals surface area contributed by atoms with Crippen molar-refractivity contribution in [1.29, 1.82) is 0 Å². The van der Waals surface area contributed by atoms with Crippen molar-refractivity contribution in [3.8, 4) is 0 Å². The lowest BCUT2D eigenvalue weighted by Gasteiger charge is -2.14. The van der Waals surface area contributed by atoms with Crippen molar-refractivity contribution >= 4 is 56.9 Å². The fourth-order valence-corrected chi connectivity index (χ4v) is 4.41. The van der Waals surface area contributed by atoms with Gasteiger partial charge in [0.25, 0.3) is 0 Å². The van der Waals surface area contributed by atoms with E-state index in [1.165, 1.54) is 18.9 Å². The largest absolute Gasteiger partial charge is 0.306 e. The van der Waals surface area contributed by atoms with Crippen molar-refractivity contribution in [3.05, 3.63) is 40.7 Å². The van der Waals surface area contributed by atoms with Crippen LogP contribution in [0.2, 0.25) is 4.34 Å². The van der Waals surface area contributed by atoms with Crippen LogP contribution in [0, 0.1) is 9.81 Å². The quantitative estimate of drug-likeness (QED) is 0.710. The average Bonchev–Trinajstić information content (AvgIpc) is 2.83. The van der Waals surface area contributed by atoms with E-state index >= 15 is 0 Å². The summed E-state index contributed by atoms with van der Waals surface area (Å²) in [5.41, 5.74) is 2.50. The molecule has 2 rings (SSSR count). The van der Waals surface area contributed by atoms with Crippen molar-refractivity contribution in [3.63, 3.8) is 0 Å². The van der Waals surface area contributed by atoms with Gasteiger partial charge in [-0.1, -0.05) is 18.5 Å². The van der Waals surface area contributed by atoms with E-state index in [-0.39, 0.29) is 6.04 Å². The standard InChI is InChI=1S/C12H13ClINS2/c1-3-15-11(8-5-10(14)16-6-8)9-4-7(2)12(13)17-9/h4-6,11,15H,3H2,1-2H3. The van der Waals surface area contributed by atoms with Crippen LogP contribution in [0.15, 0.2) is 17.5 Å². The molecule has 2 aromatic rings. The average molecular weight is 398 g/mol. The van der Waals surface area contributed by atoms with Crippen molar-refractivity contribution in [2.24, 2.45) is 0 Å². The third-order valence-corrected chi connectivity index (χ3v) is 5.92. The summed E-state index contributed by atoms with van der Waals surface area (Å²) in [5.74, 6) is 0. The molecule has 2 heterocycles. The molecule has 17 heavy (non-hydrogen) atoms. The van der Waals surface area contributed by atoms with E-state index in [4.69, 9.17) is 11.6 Å². The van der Waals surface area contributed by atoms with Gasteiger partial charge in [-0.3, -0.25) is 0 Å². The number of nitrogens with one attached hydrogen (secondary N) is 1. The van der Waals surface area contributed by atoms with Crippen LogP contribution >= 0.6 is 56.9 Å². The molecule has 0 aliphatic rings. The Hall–Kier alpha value is 0.380. The Bertz CT molecular complexity index is 487. The third-order valence-electron chi connectivity index (χ3n) is 2.49. The minimum atomic E-state index is 0.274. The maximum absolute atomic E-state index is 6.16. The molecule has 1 atom stereocenters. The number of hydrogen-bond acceptors (Lipinski definition) is 3. The maximum atomic E-state index is 6.16. The molecule has 0 radical (unpaired) electrons. The molecule has 0 amide bonds. The Morgan fingerprint density at radius 1 is 1.47 bits per heavy atom. The van der Waals surface area contributed by atoms with Crippen molar-refractivity contribution < 1.29 is 0 Å². The van der Waals surface area contributed by atoms with Gasteiger partial charge in [0, 0.05) is 4.88 Å². The molecule has 1 unspecified atom stereocenters. The summed E-state index contributed by atoms with van der Waals surface area (Å²) in [6.07, 6.45) is 0. The van der Waals surface area contributed by atoms with E-state index in [9.17, 15) is 0 Å². The van der Waals surface area contributed by atoms with Gasteiger partial charge in [0.2, 0.25) is 0 Å². The number of aryl methyl sites for hydroxylation is 1. The number of rotatable bonds is 4. The Labute approximate surface area is 128 Å². The smallest absolute Gasteiger partial charge is 0.0961 e. The van der Waals surface area contributed by atoms with Gasteiger partial charge in [-0.15, -0.1) is 22.7 Å². The maximum Gasteiger partial charge on any atom is 0.0961 e. The third kappa shape index (κ3) is 3.23. The molecule has 2 aromatic heterocycles. The molecule has 0 aliphatic carbocycles. The van der Waals surface area contributed by atoms with Gasteiger partial charge in [-0.05, 0) is 64.7 Å². The molecule has 0 saturated carbocycles. The van der Waals surface area contributed by atoms with Gasteiger partial charge in [-0.25, -0.2) is 0 Å². The van der Waals surface area contributed by atoms with Crippen molar-refractivity contribution in [1.82, 2.24) is 5.32 Å². The van der Waals surface area contributed by atoms with E-state index < -0.39 is 0 Å².